The van der Waals surface area contributed by atoms with E-state index in [2.05, 4.69) is 20.9 Å². The van der Waals surface area contributed by atoms with Crippen LogP contribution in [-0.4, -0.2) is 4.98 Å². The molecule has 0 fully saturated rings. The van der Waals surface area contributed by atoms with Gasteiger partial charge in [-0.3, -0.25) is 0 Å². The van der Waals surface area contributed by atoms with E-state index in [-0.39, 0.29) is 5.82 Å². The molecule has 0 aliphatic heterocycles. The Kier molecular flexibility index (Phi) is 2.65. The first kappa shape index (κ1) is 9.80. The zero-order chi connectivity index (χ0) is 10.1. The molecule has 0 bridgehead atoms. The van der Waals surface area contributed by atoms with Gasteiger partial charge in [-0.15, -0.1) is 11.3 Å². The number of rotatable bonds is 1. The van der Waals surface area contributed by atoms with Gasteiger partial charge in [0, 0.05) is 5.56 Å². The molecule has 0 saturated carbocycles. The maximum atomic E-state index is 13.0. The highest BCUT2D eigenvalue weighted by atomic mass is 79.9. The molecule has 0 aliphatic carbocycles. The van der Waals surface area contributed by atoms with E-state index in [1.165, 1.54) is 17.4 Å². The number of aromatic nitrogens is 1. The molecule has 0 amide bonds. The molecule has 2 rings (SSSR count). The Morgan fingerprint density at radius 3 is 2.79 bits per heavy atom. The predicted octanol–water partition coefficient (Wildman–Crippen LogP) is 4.02. The minimum atomic E-state index is -0.180. The first-order valence-electron chi connectivity index (χ1n) is 4.04. The summed E-state index contributed by atoms with van der Waals surface area (Å²) in [6.45, 7) is 1.75. The highest BCUT2D eigenvalue weighted by Crippen LogP contribution is 2.30. The lowest BCUT2D eigenvalue weighted by Crippen LogP contribution is -1.84. The van der Waals surface area contributed by atoms with Gasteiger partial charge in [0.15, 0.2) is 0 Å². The van der Waals surface area contributed by atoms with Crippen LogP contribution in [0.25, 0.3) is 11.3 Å². The molecular formula is C10H7BrFNS. The van der Waals surface area contributed by atoms with Crippen LogP contribution in [0.5, 0.6) is 0 Å². The summed E-state index contributed by atoms with van der Waals surface area (Å²) in [5, 5.41) is 0. The molecule has 0 radical (unpaired) electrons. The number of nitrogens with zero attached hydrogens (tertiary/aromatic N) is 1. The Labute approximate surface area is 93.7 Å². The number of halogens is 2. The van der Waals surface area contributed by atoms with Crippen LogP contribution in [-0.2, 0) is 0 Å². The van der Waals surface area contributed by atoms with Crippen molar-refractivity contribution in [1.29, 1.82) is 0 Å². The largest absolute Gasteiger partial charge is 0.243 e. The molecule has 1 nitrogen and oxygen atoms in total. The number of aryl methyl sites for hydroxylation is 1. The summed E-state index contributed by atoms with van der Waals surface area (Å²) < 4.78 is 14.0. The monoisotopic (exact) mass is 271 g/mol. The summed E-state index contributed by atoms with van der Waals surface area (Å²) in [6, 6.07) is 5.01. The van der Waals surface area contributed by atoms with Gasteiger partial charge < -0.3 is 0 Å². The van der Waals surface area contributed by atoms with Gasteiger partial charge in [-0.2, -0.15) is 0 Å². The summed E-state index contributed by atoms with van der Waals surface area (Å²) in [4.78, 5) is 4.21. The van der Waals surface area contributed by atoms with Gasteiger partial charge in [-0.1, -0.05) is 0 Å². The predicted molar refractivity (Wildman–Crippen MR) is 59.9 cm³/mol. The Bertz CT molecular complexity index is 467. The molecule has 0 aliphatic rings. The quantitative estimate of drug-likeness (QED) is 0.764. The summed E-state index contributed by atoms with van der Waals surface area (Å²) in [5.41, 5.74) is 4.22. The molecular weight excluding hydrogens is 265 g/mol. The number of benzene rings is 1. The number of hydrogen-bond donors (Lipinski definition) is 0. The van der Waals surface area contributed by atoms with E-state index in [4.69, 9.17) is 0 Å². The average molecular weight is 272 g/mol. The first-order chi connectivity index (χ1) is 6.68. The highest BCUT2D eigenvalue weighted by Gasteiger charge is 2.07. The molecule has 2 aromatic rings. The SMILES string of the molecule is Cc1cc(-c2ncsc2Br)ccc1F. The Morgan fingerprint density at radius 1 is 1.43 bits per heavy atom. The second-order valence-electron chi connectivity index (χ2n) is 2.94. The van der Waals surface area contributed by atoms with Gasteiger partial charge >= 0.3 is 0 Å². The van der Waals surface area contributed by atoms with Crippen molar-refractivity contribution in [3.05, 3.63) is 38.9 Å². The van der Waals surface area contributed by atoms with Crippen LogP contribution in [0.1, 0.15) is 5.56 Å². The normalized spacial score (nSPS) is 10.5. The van der Waals surface area contributed by atoms with Crippen LogP contribution in [0.4, 0.5) is 4.39 Å². The summed E-state index contributed by atoms with van der Waals surface area (Å²) >= 11 is 4.93. The molecule has 4 heteroatoms. The lowest BCUT2D eigenvalue weighted by molar-refractivity contribution is 0.619. The van der Waals surface area contributed by atoms with E-state index in [0.717, 1.165) is 15.0 Å². The Morgan fingerprint density at radius 2 is 2.21 bits per heavy atom. The van der Waals surface area contributed by atoms with Crippen molar-refractivity contribution in [2.75, 3.05) is 0 Å². The van der Waals surface area contributed by atoms with E-state index < -0.39 is 0 Å². The van der Waals surface area contributed by atoms with E-state index in [9.17, 15) is 4.39 Å². The molecule has 1 aromatic carbocycles. The summed E-state index contributed by atoms with van der Waals surface area (Å²) in [5.74, 6) is -0.180. The Hall–Kier alpha value is -0.740. The highest BCUT2D eigenvalue weighted by molar-refractivity contribution is 9.11. The second kappa shape index (κ2) is 3.79. The average Bonchev–Trinajstić information content (AvgIpc) is 2.57. The molecule has 1 heterocycles. The fourth-order valence-corrected chi connectivity index (χ4v) is 2.33. The minimum Gasteiger partial charge on any atom is -0.243 e. The molecule has 0 spiro atoms. The lowest BCUT2D eigenvalue weighted by atomic mass is 10.1. The molecule has 0 unspecified atom stereocenters. The molecule has 0 N–H and O–H groups in total. The van der Waals surface area contributed by atoms with E-state index >= 15 is 0 Å². The van der Waals surface area contributed by atoms with Crippen LogP contribution in [0, 0.1) is 12.7 Å². The number of thiazole rings is 1. The molecule has 0 saturated heterocycles. The van der Waals surface area contributed by atoms with Gasteiger partial charge in [0.1, 0.15) is 5.82 Å². The van der Waals surface area contributed by atoms with Crippen molar-refractivity contribution < 1.29 is 4.39 Å². The standard InChI is InChI=1S/C10H7BrFNS/c1-6-4-7(2-3-8(6)12)9-10(11)14-5-13-9/h2-5H,1H3. The van der Waals surface area contributed by atoms with Crippen LogP contribution >= 0.6 is 27.3 Å². The molecule has 14 heavy (non-hydrogen) atoms. The van der Waals surface area contributed by atoms with Crippen molar-refractivity contribution in [2.24, 2.45) is 0 Å². The molecule has 1 aromatic heterocycles. The smallest absolute Gasteiger partial charge is 0.126 e. The van der Waals surface area contributed by atoms with Crippen molar-refractivity contribution in [2.45, 2.75) is 6.92 Å². The van der Waals surface area contributed by atoms with Crippen LogP contribution < -0.4 is 0 Å². The third-order valence-corrected chi connectivity index (χ3v) is 3.50. The maximum Gasteiger partial charge on any atom is 0.126 e. The van der Waals surface area contributed by atoms with Crippen LogP contribution in [0.3, 0.4) is 0 Å². The topological polar surface area (TPSA) is 12.9 Å². The zero-order valence-corrected chi connectivity index (χ0v) is 9.82. The molecule has 72 valence electrons. The van der Waals surface area contributed by atoms with E-state index in [0.29, 0.717) is 5.56 Å². The van der Waals surface area contributed by atoms with E-state index in [1.54, 1.807) is 24.6 Å². The lowest BCUT2D eigenvalue weighted by Gasteiger charge is -2.00. The van der Waals surface area contributed by atoms with Gasteiger partial charge in [0.05, 0.1) is 15.0 Å². The minimum absolute atomic E-state index is 0.180. The first-order valence-corrected chi connectivity index (χ1v) is 5.71. The van der Waals surface area contributed by atoms with Gasteiger partial charge in [0.2, 0.25) is 0 Å². The third-order valence-electron chi connectivity index (χ3n) is 1.96. The van der Waals surface area contributed by atoms with Crippen LogP contribution in [0.15, 0.2) is 27.5 Å². The summed E-state index contributed by atoms with van der Waals surface area (Å²) in [7, 11) is 0. The van der Waals surface area contributed by atoms with Gasteiger partial charge in [-0.05, 0) is 46.6 Å². The fraction of sp³-hybridized carbons (Fsp3) is 0.100. The van der Waals surface area contributed by atoms with Crippen molar-refractivity contribution in [1.82, 2.24) is 4.98 Å². The van der Waals surface area contributed by atoms with Crippen molar-refractivity contribution >= 4 is 27.3 Å². The van der Waals surface area contributed by atoms with Crippen molar-refractivity contribution in [3.8, 4) is 11.3 Å². The van der Waals surface area contributed by atoms with Gasteiger partial charge in [-0.25, -0.2) is 9.37 Å². The summed E-state index contributed by atoms with van der Waals surface area (Å²) in [6.07, 6.45) is 0. The Balaban J connectivity index is 2.53. The third kappa shape index (κ3) is 1.72. The zero-order valence-electron chi connectivity index (χ0n) is 7.42. The maximum absolute atomic E-state index is 13.0. The second-order valence-corrected chi connectivity index (χ2v) is 5.11. The number of hydrogen-bond acceptors (Lipinski definition) is 2. The van der Waals surface area contributed by atoms with E-state index in [1.807, 2.05) is 0 Å². The fourth-order valence-electron chi connectivity index (χ4n) is 1.21. The van der Waals surface area contributed by atoms with Gasteiger partial charge in [0.25, 0.3) is 0 Å². The molecule has 0 atom stereocenters. The van der Waals surface area contributed by atoms with Crippen LogP contribution in [0.2, 0.25) is 0 Å². The van der Waals surface area contributed by atoms with Crippen molar-refractivity contribution in [3.63, 3.8) is 0 Å².